The normalized spacial score (nSPS) is 10.6. The lowest BCUT2D eigenvalue weighted by molar-refractivity contribution is 0.298. The van der Waals surface area contributed by atoms with Gasteiger partial charge in [-0.2, -0.15) is 0 Å². The SMILES string of the molecule is CC(C)N(CCO)c1ncc(Br)cn1. The fraction of sp³-hybridized carbons (Fsp3) is 0.556. The highest BCUT2D eigenvalue weighted by Gasteiger charge is 2.11. The van der Waals surface area contributed by atoms with Gasteiger partial charge in [0.25, 0.3) is 0 Å². The van der Waals surface area contributed by atoms with Gasteiger partial charge in [-0.3, -0.25) is 0 Å². The molecule has 0 unspecified atom stereocenters. The second-order valence-electron chi connectivity index (χ2n) is 3.21. The van der Waals surface area contributed by atoms with E-state index in [-0.39, 0.29) is 12.6 Å². The second-order valence-corrected chi connectivity index (χ2v) is 4.13. The highest BCUT2D eigenvalue weighted by molar-refractivity contribution is 9.10. The first-order valence-corrected chi connectivity index (χ1v) is 5.29. The number of aliphatic hydroxyl groups is 1. The fourth-order valence-corrected chi connectivity index (χ4v) is 1.36. The van der Waals surface area contributed by atoms with Gasteiger partial charge in [0.15, 0.2) is 0 Å². The average Bonchev–Trinajstić information content (AvgIpc) is 2.15. The molecular formula is C9H14BrN3O. The first kappa shape index (κ1) is 11.4. The molecule has 0 saturated carbocycles. The molecule has 0 aromatic carbocycles. The van der Waals surface area contributed by atoms with Gasteiger partial charge >= 0.3 is 0 Å². The van der Waals surface area contributed by atoms with Crippen molar-refractivity contribution in [3.8, 4) is 0 Å². The summed E-state index contributed by atoms with van der Waals surface area (Å²) in [4.78, 5) is 10.3. The van der Waals surface area contributed by atoms with Gasteiger partial charge < -0.3 is 10.0 Å². The zero-order valence-electron chi connectivity index (χ0n) is 8.31. The summed E-state index contributed by atoms with van der Waals surface area (Å²) < 4.78 is 0.856. The Morgan fingerprint density at radius 2 is 2.00 bits per heavy atom. The Morgan fingerprint density at radius 1 is 1.43 bits per heavy atom. The summed E-state index contributed by atoms with van der Waals surface area (Å²) in [5, 5.41) is 8.89. The Morgan fingerprint density at radius 3 is 2.43 bits per heavy atom. The first-order chi connectivity index (χ1) is 6.65. The van der Waals surface area contributed by atoms with Crippen LogP contribution in [0.25, 0.3) is 0 Å². The Balaban J connectivity index is 2.82. The highest BCUT2D eigenvalue weighted by atomic mass is 79.9. The van der Waals surface area contributed by atoms with Crippen molar-refractivity contribution in [3.05, 3.63) is 16.9 Å². The molecule has 14 heavy (non-hydrogen) atoms. The van der Waals surface area contributed by atoms with Crippen LogP contribution in [0.2, 0.25) is 0 Å². The minimum atomic E-state index is 0.109. The summed E-state index contributed by atoms with van der Waals surface area (Å²) in [5.74, 6) is 0.650. The van der Waals surface area contributed by atoms with Gasteiger partial charge in [-0.15, -0.1) is 0 Å². The van der Waals surface area contributed by atoms with Crippen molar-refractivity contribution >= 4 is 21.9 Å². The number of aliphatic hydroxyl groups excluding tert-OH is 1. The average molecular weight is 260 g/mol. The third-order valence-corrected chi connectivity index (χ3v) is 2.24. The lowest BCUT2D eigenvalue weighted by Gasteiger charge is -2.25. The fourth-order valence-electron chi connectivity index (χ4n) is 1.15. The van der Waals surface area contributed by atoms with E-state index < -0.39 is 0 Å². The molecule has 4 nitrogen and oxygen atoms in total. The number of hydrogen-bond acceptors (Lipinski definition) is 4. The molecule has 5 heteroatoms. The van der Waals surface area contributed by atoms with E-state index in [9.17, 15) is 0 Å². The molecule has 0 aliphatic heterocycles. The second kappa shape index (κ2) is 5.26. The Hall–Kier alpha value is -0.680. The van der Waals surface area contributed by atoms with E-state index in [0.717, 1.165) is 4.47 Å². The standard InChI is InChI=1S/C9H14BrN3O/c1-7(2)13(3-4-14)9-11-5-8(10)6-12-9/h5-7,14H,3-4H2,1-2H3. The van der Waals surface area contributed by atoms with Gasteiger partial charge in [-0.25, -0.2) is 9.97 Å². The van der Waals surface area contributed by atoms with E-state index in [1.165, 1.54) is 0 Å². The topological polar surface area (TPSA) is 49.2 Å². The van der Waals surface area contributed by atoms with Crippen LogP contribution in [0.4, 0.5) is 5.95 Å². The van der Waals surface area contributed by atoms with Crippen molar-refractivity contribution in [1.29, 1.82) is 0 Å². The van der Waals surface area contributed by atoms with Crippen molar-refractivity contribution in [1.82, 2.24) is 9.97 Å². The van der Waals surface area contributed by atoms with Crippen LogP contribution in [0.3, 0.4) is 0 Å². The van der Waals surface area contributed by atoms with E-state index in [2.05, 4.69) is 25.9 Å². The smallest absolute Gasteiger partial charge is 0.225 e. The quantitative estimate of drug-likeness (QED) is 0.890. The molecule has 0 saturated heterocycles. The molecule has 0 bridgehead atoms. The summed E-state index contributed by atoms with van der Waals surface area (Å²) in [6.07, 6.45) is 3.41. The Bertz CT molecular complexity index is 276. The molecule has 0 spiro atoms. The van der Waals surface area contributed by atoms with Crippen molar-refractivity contribution in [2.24, 2.45) is 0 Å². The summed E-state index contributed by atoms with van der Waals surface area (Å²) in [7, 11) is 0. The van der Waals surface area contributed by atoms with Crippen LogP contribution in [0, 0.1) is 0 Å². The molecule has 1 aromatic heterocycles. The first-order valence-electron chi connectivity index (χ1n) is 4.50. The largest absolute Gasteiger partial charge is 0.395 e. The van der Waals surface area contributed by atoms with Gasteiger partial charge in [-0.05, 0) is 29.8 Å². The molecule has 0 radical (unpaired) electrons. The predicted octanol–water partition coefficient (Wildman–Crippen LogP) is 1.45. The van der Waals surface area contributed by atoms with Crippen molar-refractivity contribution in [2.45, 2.75) is 19.9 Å². The zero-order valence-corrected chi connectivity index (χ0v) is 9.90. The van der Waals surface area contributed by atoms with Gasteiger partial charge in [0.1, 0.15) is 0 Å². The number of nitrogens with zero attached hydrogens (tertiary/aromatic N) is 3. The Kier molecular flexibility index (Phi) is 4.28. The van der Waals surface area contributed by atoms with Gasteiger partial charge in [0.2, 0.25) is 5.95 Å². The third kappa shape index (κ3) is 2.92. The van der Waals surface area contributed by atoms with E-state index in [4.69, 9.17) is 5.11 Å². The predicted molar refractivity (Wildman–Crippen MR) is 59.3 cm³/mol. The maximum Gasteiger partial charge on any atom is 0.225 e. The lowest BCUT2D eigenvalue weighted by Crippen LogP contribution is -2.34. The van der Waals surface area contributed by atoms with Crippen LogP contribution in [-0.4, -0.2) is 34.3 Å². The summed E-state index contributed by atoms with van der Waals surface area (Å²) in [6, 6.07) is 0.281. The minimum absolute atomic E-state index is 0.109. The van der Waals surface area contributed by atoms with Gasteiger partial charge in [0.05, 0.1) is 11.1 Å². The van der Waals surface area contributed by atoms with Crippen LogP contribution in [0.15, 0.2) is 16.9 Å². The Labute approximate surface area is 92.1 Å². The molecule has 1 N–H and O–H groups in total. The van der Waals surface area contributed by atoms with Crippen LogP contribution in [0.5, 0.6) is 0 Å². The number of hydrogen-bond donors (Lipinski definition) is 1. The molecule has 1 heterocycles. The maximum atomic E-state index is 8.89. The third-order valence-electron chi connectivity index (χ3n) is 1.83. The van der Waals surface area contributed by atoms with Crippen LogP contribution in [-0.2, 0) is 0 Å². The molecule has 1 aromatic rings. The van der Waals surface area contributed by atoms with E-state index in [1.807, 2.05) is 18.7 Å². The van der Waals surface area contributed by atoms with E-state index in [0.29, 0.717) is 12.5 Å². The van der Waals surface area contributed by atoms with Crippen molar-refractivity contribution in [3.63, 3.8) is 0 Å². The molecule has 0 atom stereocenters. The van der Waals surface area contributed by atoms with Crippen LogP contribution in [0.1, 0.15) is 13.8 Å². The minimum Gasteiger partial charge on any atom is -0.395 e. The highest BCUT2D eigenvalue weighted by Crippen LogP contribution is 2.12. The van der Waals surface area contributed by atoms with Crippen LogP contribution < -0.4 is 4.90 Å². The summed E-state index contributed by atoms with van der Waals surface area (Å²) in [6.45, 7) is 4.75. The molecule has 0 aliphatic carbocycles. The van der Waals surface area contributed by atoms with Crippen LogP contribution >= 0.6 is 15.9 Å². The van der Waals surface area contributed by atoms with Crippen molar-refractivity contribution < 1.29 is 5.11 Å². The molecule has 0 amide bonds. The number of aromatic nitrogens is 2. The molecule has 0 fully saturated rings. The number of halogens is 1. The summed E-state index contributed by atoms with van der Waals surface area (Å²) in [5.41, 5.74) is 0. The number of rotatable bonds is 4. The maximum absolute atomic E-state index is 8.89. The molecule has 0 aliphatic rings. The van der Waals surface area contributed by atoms with E-state index >= 15 is 0 Å². The molecule has 1 rings (SSSR count). The van der Waals surface area contributed by atoms with E-state index in [1.54, 1.807) is 12.4 Å². The zero-order chi connectivity index (χ0) is 10.6. The summed E-state index contributed by atoms with van der Waals surface area (Å²) >= 11 is 3.28. The lowest BCUT2D eigenvalue weighted by atomic mass is 10.3. The molecular weight excluding hydrogens is 246 g/mol. The monoisotopic (exact) mass is 259 g/mol. The van der Waals surface area contributed by atoms with Gasteiger partial charge in [-0.1, -0.05) is 0 Å². The van der Waals surface area contributed by atoms with Gasteiger partial charge in [0, 0.05) is 25.0 Å². The van der Waals surface area contributed by atoms with Crippen molar-refractivity contribution in [2.75, 3.05) is 18.1 Å². The molecule has 78 valence electrons. The number of anilines is 1.